The van der Waals surface area contributed by atoms with E-state index in [0.717, 1.165) is 32.7 Å². The van der Waals surface area contributed by atoms with Crippen LogP contribution in [0.25, 0.3) is 0 Å². The average molecular weight is 272 g/mol. The summed E-state index contributed by atoms with van der Waals surface area (Å²) in [5.74, 6) is 0. The lowest BCUT2D eigenvalue weighted by atomic mass is 9.85. The predicted octanol–water partition coefficient (Wildman–Crippen LogP) is 1.48. The van der Waals surface area contributed by atoms with Gasteiger partial charge in [0, 0.05) is 25.2 Å². The molecule has 114 valence electrons. The number of ether oxygens (including phenoxy) is 1. The maximum atomic E-state index is 9.45. The van der Waals surface area contributed by atoms with Gasteiger partial charge in [-0.15, -0.1) is 0 Å². The van der Waals surface area contributed by atoms with Gasteiger partial charge in [-0.05, 0) is 32.6 Å². The number of nitrogens with zero attached hydrogens (tertiary/aromatic N) is 1. The van der Waals surface area contributed by atoms with Crippen molar-refractivity contribution in [1.29, 1.82) is 0 Å². The molecule has 0 aromatic heterocycles. The first kappa shape index (κ1) is 16.9. The third kappa shape index (κ3) is 5.78. The highest BCUT2D eigenvalue weighted by Gasteiger charge is 2.31. The molecule has 19 heavy (non-hydrogen) atoms. The van der Waals surface area contributed by atoms with Crippen molar-refractivity contribution in [3.05, 3.63) is 0 Å². The van der Waals surface area contributed by atoms with Crippen molar-refractivity contribution in [3.8, 4) is 0 Å². The van der Waals surface area contributed by atoms with E-state index in [1.807, 2.05) is 0 Å². The summed E-state index contributed by atoms with van der Waals surface area (Å²) in [6.45, 7) is 15.8. The Bertz CT molecular complexity index is 265. The number of nitrogens with one attached hydrogen (secondary N) is 1. The van der Waals surface area contributed by atoms with E-state index in [1.54, 1.807) is 0 Å². The molecule has 0 radical (unpaired) electrons. The fourth-order valence-corrected chi connectivity index (χ4v) is 2.33. The minimum atomic E-state index is 0.151. The molecular formula is C15H32N2O2. The Kier molecular flexibility index (Phi) is 6.24. The fourth-order valence-electron chi connectivity index (χ4n) is 2.33. The van der Waals surface area contributed by atoms with Gasteiger partial charge in [0.15, 0.2) is 0 Å². The van der Waals surface area contributed by atoms with Gasteiger partial charge in [-0.2, -0.15) is 0 Å². The largest absolute Gasteiger partial charge is 0.395 e. The van der Waals surface area contributed by atoms with Crippen molar-refractivity contribution in [2.75, 3.05) is 39.5 Å². The van der Waals surface area contributed by atoms with Crippen LogP contribution in [0.15, 0.2) is 0 Å². The van der Waals surface area contributed by atoms with Gasteiger partial charge >= 0.3 is 0 Å². The minimum Gasteiger partial charge on any atom is -0.395 e. The zero-order valence-electron chi connectivity index (χ0n) is 13.3. The monoisotopic (exact) mass is 272 g/mol. The van der Waals surface area contributed by atoms with E-state index in [0.29, 0.717) is 6.61 Å². The van der Waals surface area contributed by atoms with Crippen LogP contribution in [0.3, 0.4) is 0 Å². The fraction of sp³-hybridized carbons (Fsp3) is 1.00. The number of morpholine rings is 1. The van der Waals surface area contributed by atoms with Crippen LogP contribution in [0.2, 0.25) is 0 Å². The quantitative estimate of drug-likeness (QED) is 0.769. The third-order valence-electron chi connectivity index (χ3n) is 4.04. The first-order valence-electron chi connectivity index (χ1n) is 7.47. The maximum Gasteiger partial charge on any atom is 0.0644 e. The van der Waals surface area contributed by atoms with E-state index in [1.165, 1.54) is 0 Å². The summed E-state index contributed by atoms with van der Waals surface area (Å²) in [4.78, 5) is 2.39. The van der Waals surface area contributed by atoms with Gasteiger partial charge in [-0.1, -0.05) is 13.8 Å². The molecule has 1 aliphatic rings. The Labute approximate surface area is 118 Å². The number of hydrogen-bond acceptors (Lipinski definition) is 4. The smallest absolute Gasteiger partial charge is 0.0644 e. The number of hydrogen-bond donors (Lipinski definition) is 2. The molecule has 0 bridgehead atoms. The van der Waals surface area contributed by atoms with E-state index in [9.17, 15) is 5.11 Å². The molecule has 2 N–H and O–H groups in total. The van der Waals surface area contributed by atoms with Crippen molar-refractivity contribution in [2.45, 2.75) is 52.6 Å². The highest BCUT2D eigenvalue weighted by Crippen LogP contribution is 2.24. The van der Waals surface area contributed by atoms with Crippen LogP contribution < -0.4 is 5.32 Å². The summed E-state index contributed by atoms with van der Waals surface area (Å²) < 4.78 is 5.45. The second kappa shape index (κ2) is 7.02. The Hall–Kier alpha value is -0.160. The first-order chi connectivity index (χ1) is 8.79. The van der Waals surface area contributed by atoms with Gasteiger partial charge in [-0.3, -0.25) is 4.90 Å². The van der Waals surface area contributed by atoms with Crippen molar-refractivity contribution in [1.82, 2.24) is 10.2 Å². The lowest BCUT2D eigenvalue weighted by Gasteiger charge is -2.42. The SMILES string of the molecule is CCC(C)(CNC(C)(C)C)CN1CCOCC1CO. The molecule has 4 heteroatoms. The van der Waals surface area contributed by atoms with Crippen LogP contribution in [0.1, 0.15) is 41.0 Å². The molecule has 1 saturated heterocycles. The molecular weight excluding hydrogens is 240 g/mol. The number of aliphatic hydroxyl groups excluding tert-OH is 1. The molecule has 0 saturated carbocycles. The van der Waals surface area contributed by atoms with E-state index in [2.05, 4.69) is 44.8 Å². The topological polar surface area (TPSA) is 44.7 Å². The molecule has 2 atom stereocenters. The third-order valence-corrected chi connectivity index (χ3v) is 4.04. The van der Waals surface area contributed by atoms with Gasteiger partial charge in [0.25, 0.3) is 0 Å². The highest BCUT2D eigenvalue weighted by atomic mass is 16.5. The summed E-state index contributed by atoms with van der Waals surface area (Å²) >= 11 is 0. The first-order valence-corrected chi connectivity index (χ1v) is 7.47. The van der Waals surface area contributed by atoms with E-state index in [-0.39, 0.29) is 23.6 Å². The van der Waals surface area contributed by atoms with Gasteiger partial charge in [-0.25, -0.2) is 0 Å². The van der Waals surface area contributed by atoms with Gasteiger partial charge < -0.3 is 15.2 Å². The highest BCUT2D eigenvalue weighted by molar-refractivity contribution is 4.86. The predicted molar refractivity (Wildman–Crippen MR) is 79.4 cm³/mol. The molecule has 0 amide bonds. The molecule has 0 aliphatic carbocycles. The van der Waals surface area contributed by atoms with Crippen LogP contribution in [-0.2, 0) is 4.74 Å². The molecule has 1 aliphatic heterocycles. The second-order valence-electron chi connectivity index (χ2n) is 7.15. The number of rotatable bonds is 6. The van der Waals surface area contributed by atoms with Crippen LogP contribution in [0, 0.1) is 5.41 Å². The van der Waals surface area contributed by atoms with Crippen molar-refractivity contribution < 1.29 is 9.84 Å². The standard InChI is InChI=1S/C15H32N2O2/c1-6-15(5,11-16-14(2,3)4)12-17-7-8-19-10-13(17)9-18/h13,16,18H,6-12H2,1-5H3. The van der Waals surface area contributed by atoms with Crippen LogP contribution in [-0.4, -0.2) is 61.0 Å². The molecule has 4 nitrogen and oxygen atoms in total. The maximum absolute atomic E-state index is 9.45. The van der Waals surface area contributed by atoms with E-state index < -0.39 is 0 Å². The van der Waals surface area contributed by atoms with Crippen molar-refractivity contribution >= 4 is 0 Å². The lowest BCUT2D eigenvalue weighted by molar-refractivity contribution is -0.0435. The van der Waals surface area contributed by atoms with Crippen LogP contribution in [0.5, 0.6) is 0 Å². The molecule has 1 heterocycles. The summed E-state index contributed by atoms with van der Waals surface area (Å²) in [5.41, 5.74) is 0.385. The molecule has 1 rings (SSSR count). The van der Waals surface area contributed by atoms with Crippen LogP contribution >= 0.6 is 0 Å². The Morgan fingerprint density at radius 1 is 1.32 bits per heavy atom. The van der Waals surface area contributed by atoms with E-state index >= 15 is 0 Å². The Morgan fingerprint density at radius 3 is 2.53 bits per heavy atom. The average Bonchev–Trinajstić information content (AvgIpc) is 2.36. The zero-order chi connectivity index (χ0) is 14.5. The molecule has 0 aromatic carbocycles. The second-order valence-corrected chi connectivity index (χ2v) is 7.15. The van der Waals surface area contributed by atoms with E-state index in [4.69, 9.17) is 4.74 Å². The Balaban J connectivity index is 2.57. The van der Waals surface area contributed by atoms with Gasteiger partial charge in [0.2, 0.25) is 0 Å². The minimum absolute atomic E-state index is 0.151. The lowest BCUT2D eigenvalue weighted by Crippen LogP contribution is -2.54. The molecule has 1 fully saturated rings. The zero-order valence-corrected chi connectivity index (χ0v) is 13.3. The summed E-state index contributed by atoms with van der Waals surface area (Å²) in [7, 11) is 0. The Morgan fingerprint density at radius 2 is 2.00 bits per heavy atom. The molecule has 0 spiro atoms. The van der Waals surface area contributed by atoms with Crippen LogP contribution in [0.4, 0.5) is 0 Å². The molecule has 0 aromatic rings. The molecule has 2 unspecified atom stereocenters. The summed E-state index contributed by atoms with van der Waals surface area (Å²) in [6.07, 6.45) is 1.13. The summed E-state index contributed by atoms with van der Waals surface area (Å²) in [5, 5.41) is 13.1. The summed E-state index contributed by atoms with van der Waals surface area (Å²) in [6, 6.07) is 0.161. The van der Waals surface area contributed by atoms with Gasteiger partial charge in [0.1, 0.15) is 0 Å². The number of aliphatic hydroxyl groups is 1. The normalized spacial score (nSPS) is 25.3. The van der Waals surface area contributed by atoms with Crippen molar-refractivity contribution in [2.24, 2.45) is 5.41 Å². The van der Waals surface area contributed by atoms with Crippen molar-refractivity contribution in [3.63, 3.8) is 0 Å². The van der Waals surface area contributed by atoms with Gasteiger partial charge in [0.05, 0.1) is 25.9 Å².